The number of hydrogen-bond donors (Lipinski definition) is 1. The summed E-state index contributed by atoms with van der Waals surface area (Å²) in [5, 5.41) is 2.37. The van der Waals surface area contributed by atoms with Gasteiger partial charge in [0.25, 0.3) is 0 Å². The maximum atomic E-state index is 12.5. The monoisotopic (exact) mass is 242 g/mol. The van der Waals surface area contributed by atoms with E-state index in [0.717, 1.165) is 26.1 Å². The minimum Gasteiger partial charge on any atom is -0.311 e. The second-order valence-electron chi connectivity index (χ2n) is 4.14. The standard InChI is InChI=1S/C10H18F4N2/c11-9(12)10(13,14)8-15-4-3-7-16-5-1-2-6-16/h9,15H,1-8H2. The van der Waals surface area contributed by atoms with Crippen molar-refractivity contribution >= 4 is 0 Å². The van der Waals surface area contributed by atoms with E-state index in [2.05, 4.69) is 10.2 Å². The summed E-state index contributed by atoms with van der Waals surface area (Å²) in [6.07, 6.45) is -0.480. The van der Waals surface area contributed by atoms with Crippen LogP contribution in [0.2, 0.25) is 0 Å². The first-order chi connectivity index (χ1) is 7.52. The van der Waals surface area contributed by atoms with Gasteiger partial charge in [0, 0.05) is 0 Å². The van der Waals surface area contributed by atoms with Crippen LogP contribution in [0, 0.1) is 0 Å². The maximum absolute atomic E-state index is 12.5. The third-order valence-electron chi connectivity index (χ3n) is 2.71. The van der Waals surface area contributed by atoms with E-state index in [0.29, 0.717) is 6.54 Å². The van der Waals surface area contributed by atoms with Gasteiger partial charge in [0.15, 0.2) is 0 Å². The highest BCUT2D eigenvalue weighted by Crippen LogP contribution is 2.21. The number of rotatable bonds is 7. The van der Waals surface area contributed by atoms with Crippen LogP contribution in [0.15, 0.2) is 0 Å². The second kappa shape index (κ2) is 6.39. The van der Waals surface area contributed by atoms with E-state index in [4.69, 9.17) is 0 Å². The average Bonchev–Trinajstić information content (AvgIpc) is 2.69. The van der Waals surface area contributed by atoms with Gasteiger partial charge in [0.1, 0.15) is 0 Å². The lowest BCUT2D eigenvalue weighted by Gasteiger charge is -2.17. The summed E-state index contributed by atoms with van der Waals surface area (Å²) in [5.74, 6) is -3.91. The van der Waals surface area contributed by atoms with E-state index in [9.17, 15) is 17.6 Å². The lowest BCUT2D eigenvalue weighted by Crippen LogP contribution is -2.39. The molecular formula is C10H18F4N2. The van der Waals surface area contributed by atoms with Crippen molar-refractivity contribution in [1.29, 1.82) is 0 Å². The minimum absolute atomic E-state index is 0.360. The van der Waals surface area contributed by atoms with Crippen molar-refractivity contribution in [3.8, 4) is 0 Å². The van der Waals surface area contributed by atoms with Crippen LogP contribution in [-0.2, 0) is 0 Å². The van der Waals surface area contributed by atoms with E-state index in [1.807, 2.05) is 0 Å². The largest absolute Gasteiger partial charge is 0.319 e. The Balaban J connectivity index is 1.99. The number of nitrogens with zero attached hydrogens (tertiary/aromatic N) is 1. The lowest BCUT2D eigenvalue weighted by atomic mass is 10.3. The highest BCUT2D eigenvalue weighted by Gasteiger charge is 2.39. The second-order valence-corrected chi connectivity index (χ2v) is 4.14. The zero-order chi connectivity index (χ0) is 12.0. The van der Waals surface area contributed by atoms with Crippen molar-refractivity contribution in [1.82, 2.24) is 10.2 Å². The van der Waals surface area contributed by atoms with Gasteiger partial charge in [-0.3, -0.25) is 0 Å². The Morgan fingerprint density at radius 3 is 2.38 bits per heavy atom. The number of alkyl halides is 4. The van der Waals surface area contributed by atoms with Crippen LogP contribution in [0.1, 0.15) is 19.3 Å². The van der Waals surface area contributed by atoms with Gasteiger partial charge >= 0.3 is 12.3 Å². The van der Waals surface area contributed by atoms with E-state index in [1.54, 1.807) is 0 Å². The van der Waals surface area contributed by atoms with Crippen molar-refractivity contribution < 1.29 is 17.6 Å². The molecule has 1 N–H and O–H groups in total. The van der Waals surface area contributed by atoms with Gasteiger partial charge in [0.05, 0.1) is 6.54 Å². The molecule has 0 aromatic carbocycles. The first-order valence-electron chi connectivity index (χ1n) is 5.61. The fourth-order valence-electron chi connectivity index (χ4n) is 1.77. The van der Waals surface area contributed by atoms with Crippen molar-refractivity contribution in [2.75, 3.05) is 32.7 Å². The van der Waals surface area contributed by atoms with Crippen LogP contribution in [0.5, 0.6) is 0 Å². The van der Waals surface area contributed by atoms with Gasteiger partial charge < -0.3 is 10.2 Å². The maximum Gasteiger partial charge on any atom is 0.319 e. The van der Waals surface area contributed by atoms with Gasteiger partial charge in [0.2, 0.25) is 0 Å². The fourth-order valence-corrected chi connectivity index (χ4v) is 1.77. The Morgan fingerprint density at radius 1 is 1.19 bits per heavy atom. The molecule has 1 aliphatic rings. The lowest BCUT2D eigenvalue weighted by molar-refractivity contribution is -0.125. The minimum atomic E-state index is -3.91. The Morgan fingerprint density at radius 2 is 1.81 bits per heavy atom. The molecule has 0 spiro atoms. The molecule has 0 saturated carbocycles. The molecule has 16 heavy (non-hydrogen) atoms. The van der Waals surface area contributed by atoms with Crippen LogP contribution in [0.3, 0.4) is 0 Å². The Bertz CT molecular complexity index is 193. The zero-order valence-corrected chi connectivity index (χ0v) is 9.19. The third kappa shape index (κ3) is 4.65. The SMILES string of the molecule is FC(F)C(F)(F)CNCCCN1CCCC1. The molecule has 1 fully saturated rings. The summed E-state index contributed by atoms with van der Waals surface area (Å²) in [6, 6.07) is 0. The van der Waals surface area contributed by atoms with Crippen LogP contribution in [-0.4, -0.2) is 50.0 Å². The highest BCUT2D eigenvalue weighted by atomic mass is 19.3. The van der Waals surface area contributed by atoms with E-state index in [1.165, 1.54) is 12.8 Å². The van der Waals surface area contributed by atoms with Gasteiger partial charge in [-0.15, -0.1) is 0 Å². The number of likely N-dealkylation sites (tertiary alicyclic amines) is 1. The molecule has 1 aliphatic heterocycles. The van der Waals surface area contributed by atoms with E-state index in [-0.39, 0.29) is 0 Å². The molecule has 0 radical (unpaired) electrons. The van der Waals surface area contributed by atoms with Gasteiger partial charge in [-0.2, -0.15) is 8.78 Å². The first kappa shape index (κ1) is 13.7. The van der Waals surface area contributed by atoms with Crippen LogP contribution in [0.4, 0.5) is 17.6 Å². The molecular weight excluding hydrogens is 224 g/mol. The smallest absolute Gasteiger partial charge is 0.311 e. The summed E-state index contributed by atoms with van der Waals surface area (Å²) >= 11 is 0. The summed E-state index contributed by atoms with van der Waals surface area (Å²) in [4.78, 5) is 2.26. The van der Waals surface area contributed by atoms with Crippen LogP contribution < -0.4 is 5.32 Å². The molecule has 0 unspecified atom stereocenters. The predicted octanol–water partition coefficient (Wildman–Crippen LogP) is 1.96. The summed E-state index contributed by atoms with van der Waals surface area (Å²) in [7, 11) is 0. The van der Waals surface area contributed by atoms with Crippen molar-refractivity contribution in [2.45, 2.75) is 31.6 Å². The predicted molar refractivity (Wildman–Crippen MR) is 54.1 cm³/mol. The number of halogens is 4. The van der Waals surface area contributed by atoms with Crippen LogP contribution in [0.25, 0.3) is 0 Å². The molecule has 96 valence electrons. The van der Waals surface area contributed by atoms with Gasteiger partial charge in [-0.25, -0.2) is 8.78 Å². The molecule has 1 saturated heterocycles. The third-order valence-corrected chi connectivity index (χ3v) is 2.71. The molecule has 6 heteroatoms. The summed E-state index contributed by atoms with van der Waals surface area (Å²) in [6.45, 7) is 2.40. The Kier molecular flexibility index (Phi) is 5.48. The molecule has 1 heterocycles. The highest BCUT2D eigenvalue weighted by molar-refractivity contribution is 4.72. The summed E-state index contributed by atoms with van der Waals surface area (Å²) < 4.78 is 48.4. The molecule has 0 bridgehead atoms. The van der Waals surface area contributed by atoms with E-state index >= 15 is 0 Å². The van der Waals surface area contributed by atoms with Crippen molar-refractivity contribution in [3.63, 3.8) is 0 Å². The van der Waals surface area contributed by atoms with Gasteiger partial charge in [-0.05, 0) is 45.4 Å². The summed E-state index contributed by atoms with van der Waals surface area (Å²) in [5.41, 5.74) is 0. The molecule has 1 rings (SSSR count). The Hall–Kier alpha value is -0.360. The molecule has 0 atom stereocenters. The van der Waals surface area contributed by atoms with Crippen LogP contribution >= 0.6 is 0 Å². The first-order valence-corrected chi connectivity index (χ1v) is 5.61. The fraction of sp³-hybridized carbons (Fsp3) is 1.00. The Labute approximate surface area is 93.0 Å². The number of hydrogen-bond acceptors (Lipinski definition) is 2. The average molecular weight is 242 g/mol. The van der Waals surface area contributed by atoms with E-state index < -0.39 is 18.9 Å². The van der Waals surface area contributed by atoms with Crippen molar-refractivity contribution in [2.24, 2.45) is 0 Å². The molecule has 0 aromatic heterocycles. The topological polar surface area (TPSA) is 15.3 Å². The zero-order valence-electron chi connectivity index (χ0n) is 9.19. The molecule has 0 amide bonds. The molecule has 2 nitrogen and oxygen atoms in total. The normalized spacial score (nSPS) is 18.6. The molecule has 0 aromatic rings. The number of nitrogens with one attached hydrogen (secondary N) is 1. The quantitative estimate of drug-likeness (QED) is 0.542. The molecule has 0 aliphatic carbocycles. The van der Waals surface area contributed by atoms with Gasteiger partial charge in [-0.1, -0.05) is 0 Å². The van der Waals surface area contributed by atoms with Crippen molar-refractivity contribution in [3.05, 3.63) is 0 Å².